The number of carbonyl (C=O) groups is 3. The van der Waals surface area contributed by atoms with Crippen LogP contribution in [0.4, 0.5) is 4.79 Å². The highest BCUT2D eigenvalue weighted by molar-refractivity contribution is 6.07. The molecule has 0 aromatic carbocycles. The van der Waals surface area contributed by atoms with Gasteiger partial charge < -0.3 is 15.5 Å². The molecule has 7 heteroatoms. The average molecular weight is 296 g/mol. The second kappa shape index (κ2) is 6.01. The van der Waals surface area contributed by atoms with Gasteiger partial charge in [0.15, 0.2) is 0 Å². The Hall–Kier alpha value is -1.63. The van der Waals surface area contributed by atoms with Gasteiger partial charge in [-0.1, -0.05) is 13.8 Å². The number of urea groups is 1. The fourth-order valence-electron chi connectivity index (χ4n) is 2.59. The first-order valence-electron chi connectivity index (χ1n) is 7.49. The maximum atomic E-state index is 12.4. The van der Waals surface area contributed by atoms with Crippen molar-refractivity contribution in [3.05, 3.63) is 0 Å². The van der Waals surface area contributed by atoms with E-state index in [9.17, 15) is 14.4 Å². The molecule has 1 atom stereocenters. The molecule has 21 heavy (non-hydrogen) atoms. The summed E-state index contributed by atoms with van der Waals surface area (Å²) in [6.07, 6.45) is 0.188. The fourth-order valence-corrected chi connectivity index (χ4v) is 2.59. The summed E-state index contributed by atoms with van der Waals surface area (Å²) in [5, 5.41) is 5.92. The molecule has 0 bridgehead atoms. The minimum absolute atomic E-state index is 0.00261. The molecule has 2 aliphatic heterocycles. The first kappa shape index (κ1) is 15.8. The molecule has 2 heterocycles. The van der Waals surface area contributed by atoms with Gasteiger partial charge >= 0.3 is 6.03 Å². The number of rotatable bonds is 4. The number of carbonyl (C=O) groups excluding carboxylic acids is 3. The summed E-state index contributed by atoms with van der Waals surface area (Å²) < 4.78 is 0. The average Bonchev–Trinajstić information content (AvgIpc) is 2.69. The lowest BCUT2D eigenvalue weighted by atomic mass is 9.88. The lowest BCUT2D eigenvalue weighted by Crippen LogP contribution is -2.49. The number of nitrogens with one attached hydrogen (secondary N) is 2. The van der Waals surface area contributed by atoms with Crippen molar-refractivity contribution in [3.63, 3.8) is 0 Å². The van der Waals surface area contributed by atoms with Gasteiger partial charge in [-0.2, -0.15) is 0 Å². The highest BCUT2D eigenvalue weighted by Gasteiger charge is 2.49. The third-order valence-corrected chi connectivity index (χ3v) is 4.47. The van der Waals surface area contributed by atoms with Crippen LogP contribution in [0.2, 0.25) is 0 Å². The van der Waals surface area contributed by atoms with Crippen LogP contribution in [0.15, 0.2) is 0 Å². The van der Waals surface area contributed by atoms with Crippen LogP contribution in [-0.2, 0) is 9.59 Å². The van der Waals surface area contributed by atoms with E-state index in [4.69, 9.17) is 0 Å². The van der Waals surface area contributed by atoms with Crippen LogP contribution in [0.3, 0.4) is 0 Å². The third-order valence-electron chi connectivity index (χ3n) is 4.47. The molecule has 0 spiro atoms. The molecule has 4 amide bonds. The molecular formula is C14H24N4O3. The SMILES string of the molecule is CC(C)C1(C)NC(=O)N(CCC(=O)N2CCNCC2)C1=O. The van der Waals surface area contributed by atoms with Gasteiger partial charge in [0.2, 0.25) is 5.91 Å². The van der Waals surface area contributed by atoms with E-state index in [1.807, 2.05) is 13.8 Å². The molecule has 2 fully saturated rings. The number of hydrogen-bond donors (Lipinski definition) is 2. The Morgan fingerprint density at radius 3 is 2.43 bits per heavy atom. The zero-order valence-corrected chi connectivity index (χ0v) is 12.9. The Morgan fingerprint density at radius 2 is 1.90 bits per heavy atom. The lowest BCUT2D eigenvalue weighted by molar-refractivity contribution is -0.134. The summed E-state index contributed by atoms with van der Waals surface area (Å²) in [5.74, 6) is -0.242. The van der Waals surface area contributed by atoms with Crippen molar-refractivity contribution in [2.75, 3.05) is 32.7 Å². The monoisotopic (exact) mass is 296 g/mol. The Kier molecular flexibility index (Phi) is 4.51. The van der Waals surface area contributed by atoms with Crippen molar-refractivity contribution < 1.29 is 14.4 Å². The molecule has 0 aromatic heterocycles. The first-order valence-corrected chi connectivity index (χ1v) is 7.49. The molecule has 7 nitrogen and oxygen atoms in total. The van der Waals surface area contributed by atoms with Gasteiger partial charge in [0.05, 0.1) is 0 Å². The summed E-state index contributed by atoms with van der Waals surface area (Å²) in [5.41, 5.74) is -0.866. The van der Waals surface area contributed by atoms with Gasteiger partial charge in [-0.15, -0.1) is 0 Å². The molecule has 0 aliphatic carbocycles. The van der Waals surface area contributed by atoms with E-state index in [0.717, 1.165) is 13.1 Å². The second-order valence-corrected chi connectivity index (χ2v) is 6.12. The van der Waals surface area contributed by atoms with Crippen LogP contribution in [0.1, 0.15) is 27.2 Å². The predicted octanol–water partition coefficient (Wildman–Crippen LogP) is -0.225. The molecular weight excluding hydrogens is 272 g/mol. The van der Waals surface area contributed by atoms with Crippen molar-refractivity contribution in [1.82, 2.24) is 20.4 Å². The van der Waals surface area contributed by atoms with Crippen LogP contribution < -0.4 is 10.6 Å². The summed E-state index contributed by atoms with van der Waals surface area (Å²) in [6, 6.07) is -0.399. The molecule has 118 valence electrons. The van der Waals surface area contributed by atoms with E-state index >= 15 is 0 Å². The van der Waals surface area contributed by atoms with Crippen molar-refractivity contribution in [1.29, 1.82) is 0 Å². The fraction of sp³-hybridized carbons (Fsp3) is 0.786. The third kappa shape index (κ3) is 3.02. The van der Waals surface area contributed by atoms with Gasteiger partial charge in [0, 0.05) is 39.1 Å². The Labute approximate surface area is 125 Å². The number of imide groups is 1. The van der Waals surface area contributed by atoms with E-state index in [1.54, 1.807) is 11.8 Å². The van der Waals surface area contributed by atoms with Crippen LogP contribution in [0.25, 0.3) is 0 Å². The minimum Gasteiger partial charge on any atom is -0.340 e. The molecule has 0 saturated carbocycles. The summed E-state index contributed by atoms with van der Waals surface area (Å²) in [4.78, 5) is 39.4. The topological polar surface area (TPSA) is 81.8 Å². The Morgan fingerprint density at radius 1 is 1.29 bits per heavy atom. The summed E-state index contributed by atoms with van der Waals surface area (Å²) >= 11 is 0. The van der Waals surface area contributed by atoms with Gasteiger partial charge in [-0.05, 0) is 12.8 Å². The van der Waals surface area contributed by atoms with E-state index in [-0.39, 0.29) is 30.7 Å². The van der Waals surface area contributed by atoms with Crippen molar-refractivity contribution >= 4 is 17.8 Å². The molecule has 0 radical (unpaired) electrons. The van der Waals surface area contributed by atoms with Crippen LogP contribution >= 0.6 is 0 Å². The van der Waals surface area contributed by atoms with Crippen molar-refractivity contribution in [3.8, 4) is 0 Å². The van der Waals surface area contributed by atoms with Crippen molar-refractivity contribution in [2.24, 2.45) is 5.92 Å². The van der Waals surface area contributed by atoms with Crippen LogP contribution in [0, 0.1) is 5.92 Å². The first-order chi connectivity index (χ1) is 9.86. The Balaban J connectivity index is 1.92. The molecule has 2 aliphatic rings. The highest BCUT2D eigenvalue weighted by Crippen LogP contribution is 2.25. The minimum atomic E-state index is -0.866. The second-order valence-electron chi connectivity index (χ2n) is 6.12. The zero-order valence-electron chi connectivity index (χ0n) is 12.9. The highest BCUT2D eigenvalue weighted by atomic mass is 16.2. The maximum Gasteiger partial charge on any atom is 0.325 e. The van der Waals surface area contributed by atoms with Gasteiger partial charge in [0.25, 0.3) is 5.91 Å². The number of nitrogens with zero attached hydrogens (tertiary/aromatic N) is 2. The molecule has 2 saturated heterocycles. The normalized spacial score (nSPS) is 26.5. The van der Waals surface area contributed by atoms with Gasteiger partial charge in [-0.25, -0.2) is 4.79 Å². The predicted molar refractivity (Wildman–Crippen MR) is 77.6 cm³/mol. The molecule has 0 aromatic rings. The number of piperazine rings is 1. The smallest absolute Gasteiger partial charge is 0.325 e. The van der Waals surface area contributed by atoms with E-state index < -0.39 is 11.6 Å². The zero-order chi connectivity index (χ0) is 15.6. The molecule has 2 N–H and O–H groups in total. The van der Waals surface area contributed by atoms with Gasteiger partial charge in [0.1, 0.15) is 5.54 Å². The lowest BCUT2D eigenvalue weighted by Gasteiger charge is -2.28. The van der Waals surface area contributed by atoms with Crippen molar-refractivity contribution in [2.45, 2.75) is 32.7 Å². The Bertz CT molecular complexity index is 446. The van der Waals surface area contributed by atoms with E-state index in [1.165, 1.54) is 4.90 Å². The van der Waals surface area contributed by atoms with E-state index in [2.05, 4.69) is 10.6 Å². The van der Waals surface area contributed by atoms with Crippen LogP contribution in [-0.4, -0.2) is 65.9 Å². The molecule has 1 unspecified atom stereocenters. The largest absolute Gasteiger partial charge is 0.340 e. The number of amides is 4. The number of hydrogen-bond acceptors (Lipinski definition) is 4. The maximum absolute atomic E-state index is 12.4. The molecule has 2 rings (SSSR count). The van der Waals surface area contributed by atoms with E-state index in [0.29, 0.717) is 13.1 Å². The quantitative estimate of drug-likeness (QED) is 0.703. The standard InChI is InChI=1S/C14H24N4O3/c1-10(2)14(3)12(20)18(13(21)16-14)7-4-11(19)17-8-5-15-6-9-17/h10,15H,4-9H2,1-3H3,(H,16,21). The summed E-state index contributed by atoms with van der Waals surface area (Å²) in [7, 11) is 0. The van der Waals surface area contributed by atoms with Crippen LogP contribution in [0.5, 0.6) is 0 Å². The van der Waals surface area contributed by atoms with Gasteiger partial charge in [-0.3, -0.25) is 14.5 Å². The summed E-state index contributed by atoms with van der Waals surface area (Å²) in [6.45, 7) is 8.62.